The molecule has 0 bridgehead atoms. The maximum absolute atomic E-state index is 14.9. The number of halogens is 2. The third kappa shape index (κ3) is 6.70. The Morgan fingerprint density at radius 3 is 2.35 bits per heavy atom. The first-order valence-corrected chi connectivity index (χ1v) is 14.2. The number of ether oxygens (including phenoxy) is 3. The summed E-state index contributed by atoms with van der Waals surface area (Å²) in [5, 5.41) is 3.21. The molecule has 2 aliphatic rings. The van der Waals surface area contributed by atoms with Crippen LogP contribution in [0.3, 0.4) is 0 Å². The van der Waals surface area contributed by atoms with Gasteiger partial charge in [-0.2, -0.15) is 0 Å². The van der Waals surface area contributed by atoms with Crippen LogP contribution in [-0.4, -0.2) is 54.3 Å². The Morgan fingerprint density at radius 2 is 1.70 bits per heavy atom. The molecule has 3 heterocycles. The number of hydrogen-bond donors (Lipinski definition) is 1. The first-order valence-electron chi connectivity index (χ1n) is 14.2. The topological polar surface area (TPSA) is 68.7 Å². The van der Waals surface area contributed by atoms with Crippen LogP contribution in [0.25, 0.3) is 0 Å². The summed E-state index contributed by atoms with van der Waals surface area (Å²) in [5.41, 5.74) is 2.49. The predicted octanol–water partition coefficient (Wildman–Crippen LogP) is 6.40. The predicted molar refractivity (Wildman–Crippen MR) is 150 cm³/mol. The number of likely N-dealkylation sites (tertiary alicyclic amines) is 1. The molecule has 2 aliphatic heterocycles. The van der Waals surface area contributed by atoms with Gasteiger partial charge >= 0.3 is 0 Å². The van der Waals surface area contributed by atoms with Crippen molar-refractivity contribution in [3.63, 3.8) is 0 Å². The number of piperidine rings is 1. The minimum absolute atomic E-state index is 0.00529. The summed E-state index contributed by atoms with van der Waals surface area (Å²) >= 11 is 0. The van der Waals surface area contributed by atoms with E-state index in [9.17, 15) is 8.78 Å². The van der Waals surface area contributed by atoms with E-state index in [4.69, 9.17) is 14.2 Å². The van der Waals surface area contributed by atoms with Crippen LogP contribution < -0.4 is 14.8 Å². The molecule has 5 rings (SSSR count). The molecule has 3 aromatic rings. The van der Waals surface area contributed by atoms with Gasteiger partial charge in [0.05, 0.1) is 25.1 Å². The minimum atomic E-state index is -0.757. The average molecular weight is 553 g/mol. The normalized spacial score (nSPS) is 17.1. The van der Waals surface area contributed by atoms with Gasteiger partial charge in [-0.3, -0.25) is 0 Å². The Bertz CT molecular complexity index is 1240. The number of benzene rings is 2. The third-order valence-corrected chi connectivity index (χ3v) is 7.96. The summed E-state index contributed by atoms with van der Waals surface area (Å²) in [6.07, 6.45) is 8.84. The van der Waals surface area contributed by atoms with Crippen molar-refractivity contribution in [1.29, 1.82) is 0 Å². The molecule has 0 amide bonds. The van der Waals surface area contributed by atoms with E-state index in [1.165, 1.54) is 44.0 Å². The SMILES string of the molecule is CCCc1cc(OC)c(F)c(COc2cnc(Nc3ccc(C4CCN(C5CCOCC5)CC4)cc3)nc2)c1F. The molecule has 40 heavy (non-hydrogen) atoms. The number of methoxy groups -OCH3 is 1. The Balaban J connectivity index is 1.14. The first-order chi connectivity index (χ1) is 19.6. The molecule has 0 radical (unpaired) electrons. The van der Waals surface area contributed by atoms with Crippen molar-refractivity contribution in [2.75, 3.05) is 38.7 Å². The summed E-state index contributed by atoms with van der Waals surface area (Å²) in [5.74, 6) is -0.0543. The standard InChI is InChI=1S/C31H38F2N4O3/c1-3-4-23-17-28(38-2)30(33)27(29(23)32)20-40-26-18-34-31(35-19-26)36-24-7-5-21(6-8-24)22-9-13-37(14-10-22)25-11-15-39-16-12-25/h5-8,17-19,22,25H,3-4,9-16,20H2,1-2H3,(H,34,35,36). The number of aryl methyl sites for hydroxylation is 1. The maximum Gasteiger partial charge on any atom is 0.227 e. The molecular formula is C31H38F2N4O3. The second kappa shape index (κ2) is 13.4. The number of anilines is 2. The highest BCUT2D eigenvalue weighted by Gasteiger charge is 2.27. The highest BCUT2D eigenvalue weighted by molar-refractivity contribution is 5.54. The molecule has 0 spiro atoms. The van der Waals surface area contributed by atoms with Crippen molar-refractivity contribution in [2.45, 2.75) is 64.0 Å². The lowest BCUT2D eigenvalue weighted by atomic mass is 9.88. The van der Waals surface area contributed by atoms with Crippen LogP contribution in [0, 0.1) is 11.6 Å². The van der Waals surface area contributed by atoms with Gasteiger partial charge < -0.3 is 24.4 Å². The zero-order valence-corrected chi connectivity index (χ0v) is 23.3. The molecule has 1 aromatic heterocycles. The summed E-state index contributed by atoms with van der Waals surface area (Å²) in [6.45, 7) is 5.72. The van der Waals surface area contributed by atoms with Crippen LogP contribution in [0.15, 0.2) is 42.7 Å². The van der Waals surface area contributed by atoms with E-state index in [1.54, 1.807) is 0 Å². The van der Waals surface area contributed by atoms with Crippen molar-refractivity contribution in [1.82, 2.24) is 14.9 Å². The minimum Gasteiger partial charge on any atom is -0.494 e. The molecule has 0 unspecified atom stereocenters. The monoisotopic (exact) mass is 552 g/mol. The fourth-order valence-corrected chi connectivity index (χ4v) is 5.68. The van der Waals surface area contributed by atoms with E-state index in [2.05, 4.69) is 44.5 Å². The number of hydrogen-bond acceptors (Lipinski definition) is 7. The van der Waals surface area contributed by atoms with Gasteiger partial charge in [0, 0.05) is 24.9 Å². The van der Waals surface area contributed by atoms with E-state index in [1.807, 2.05) is 6.92 Å². The van der Waals surface area contributed by atoms with Gasteiger partial charge in [-0.25, -0.2) is 18.7 Å². The van der Waals surface area contributed by atoms with Crippen LogP contribution in [0.1, 0.15) is 61.6 Å². The molecule has 2 aromatic carbocycles. The summed E-state index contributed by atoms with van der Waals surface area (Å²) in [7, 11) is 1.36. The van der Waals surface area contributed by atoms with Crippen LogP contribution in [0.5, 0.6) is 11.5 Å². The van der Waals surface area contributed by atoms with Crippen molar-refractivity contribution < 1.29 is 23.0 Å². The smallest absolute Gasteiger partial charge is 0.227 e. The summed E-state index contributed by atoms with van der Waals surface area (Å²) in [6, 6.07) is 10.6. The van der Waals surface area contributed by atoms with Gasteiger partial charge in [-0.05, 0) is 80.4 Å². The number of rotatable bonds is 10. The van der Waals surface area contributed by atoms with Gasteiger partial charge in [-0.1, -0.05) is 25.5 Å². The molecule has 7 nitrogen and oxygen atoms in total. The van der Waals surface area contributed by atoms with E-state index in [0.717, 1.165) is 51.3 Å². The first kappa shape index (κ1) is 28.2. The molecular weight excluding hydrogens is 514 g/mol. The Labute approximate surface area is 234 Å². The highest BCUT2D eigenvalue weighted by Crippen LogP contribution is 2.32. The molecule has 0 aliphatic carbocycles. The molecule has 0 atom stereocenters. The molecule has 2 saturated heterocycles. The van der Waals surface area contributed by atoms with E-state index >= 15 is 0 Å². The number of nitrogens with zero attached hydrogens (tertiary/aromatic N) is 3. The number of aromatic nitrogens is 2. The fraction of sp³-hybridized carbons (Fsp3) is 0.484. The quantitative estimate of drug-likeness (QED) is 0.312. The largest absolute Gasteiger partial charge is 0.494 e. The number of nitrogens with one attached hydrogen (secondary N) is 1. The van der Waals surface area contributed by atoms with Crippen molar-refractivity contribution >= 4 is 11.6 Å². The molecule has 2 fully saturated rings. The van der Waals surface area contributed by atoms with E-state index in [-0.39, 0.29) is 17.9 Å². The van der Waals surface area contributed by atoms with Crippen LogP contribution in [0.4, 0.5) is 20.4 Å². The van der Waals surface area contributed by atoms with Crippen LogP contribution in [-0.2, 0) is 17.8 Å². The van der Waals surface area contributed by atoms with Gasteiger partial charge in [0.15, 0.2) is 17.3 Å². The molecule has 214 valence electrons. The highest BCUT2D eigenvalue weighted by atomic mass is 19.1. The van der Waals surface area contributed by atoms with Gasteiger partial charge in [0.1, 0.15) is 12.4 Å². The van der Waals surface area contributed by atoms with E-state index in [0.29, 0.717) is 35.6 Å². The van der Waals surface area contributed by atoms with Crippen molar-refractivity contribution in [2.24, 2.45) is 0 Å². The van der Waals surface area contributed by atoms with Crippen LogP contribution in [0.2, 0.25) is 0 Å². The second-order valence-corrected chi connectivity index (χ2v) is 10.5. The van der Waals surface area contributed by atoms with Gasteiger partial charge in [-0.15, -0.1) is 0 Å². The maximum atomic E-state index is 14.9. The van der Waals surface area contributed by atoms with Crippen molar-refractivity contribution in [3.05, 3.63) is 71.1 Å². The Kier molecular flexibility index (Phi) is 9.44. The van der Waals surface area contributed by atoms with Gasteiger partial charge in [0.25, 0.3) is 0 Å². The molecule has 0 saturated carbocycles. The summed E-state index contributed by atoms with van der Waals surface area (Å²) < 4.78 is 45.8. The van der Waals surface area contributed by atoms with E-state index < -0.39 is 11.6 Å². The molecule has 1 N–H and O–H groups in total. The third-order valence-electron chi connectivity index (χ3n) is 7.96. The van der Waals surface area contributed by atoms with Gasteiger partial charge in [0.2, 0.25) is 5.95 Å². The summed E-state index contributed by atoms with van der Waals surface area (Å²) in [4.78, 5) is 11.3. The fourth-order valence-electron chi connectivity index (χ4n) is 5.68. The lowest BCUT2D eigenvalue weighted by molar-refractivity contribution is 0.0252. The Hall–Kier alpha value is -3.30. The Morgan fingerprint density at radius 1 is 1.00 bits per heavy atom. The zero-order valence-electron chi connectivity index (χ0n) is 23.3. The second-order valence-electron chi connectivity index (χ2n) is 10.5. The lowest BCUT2D eigenvalue weighted by Crippen LogP contribution is -2.43. The molecule has 9 heteroatoms. The van der Waals surface area contributed by atoms with Crippen molar-refractivity contribution in [3.8, 4) is 11.5 Å². The lowest BCUT2D eigenvalue weighted by Gasteiger charge is -2.39. The average Bonchev–Trinajstić information content (AvgIpc) is 3.00. The zero-order chi connectivity index (χ0) is 27.9. The van der Waals surface area contributed by atoms with Crippen LogP contribution >= 0.6 is 0 Å².